The van der Waals surface area contributed by atoms with Gasteiger partial charge >= 0.3 is 5.97 Å². The Hall–Kier alpha value is -3.31. The van der Waals surface area contributed by atoms with E-state index in [1.807, 2.05) is 42.7 Å². The number of anilines is 1. The second-order valence-corrected chi connectivity index (χ2v) is 6.45. The molecule has 2 heterocycles. The number of aromatic nitrogens is 3. The normalized spacial score (nSPS) is 11.1. The van der Waals surface area contributed by atoms with E-state index in [1.54, 1.807) is 4.57 Å². The van der Waals surface area contributed by atoms with Crippen molar-refractivity contribution >= 4 is 22.7 Å². The van der Waals surface area contributed by atoms with Crippen molar-refractivity contribution in [3.8, 4) is 11.8 Å². The molecule has 0 aliphatic carbocycles. The monoisotopic (exact) mass is 367 g/mol. The molecule has 0 aliphatic rings. The minimum absolute atomic E-state index is 0.0130. The lowest BCUT2D eigenvalue weighted by molar-refractivity contribution is 0.0593. The molecule has 1 aromatic carbocycles. The maximum Gasteiger partial charge on any atom is 0.357 e. The van der Waals surface area contributed by atoms with Gasteiger partial charge in [0.2, 0.25) is 0 Å². The molecule has 0 saturated carbocycles. The molecule has 0 unspecified atom stereocenters. The van der Waals surface area contributed by atoms with Crippen molar-refractivity contribution in [3.63, 3.8) is 0 Å². The number of imidazole rings is 1. The van der Waals surface area contributed by atoms with Crippen molar-refractivity contribution in [1.82, 2.24) is 14.1 Å². The number of nitriles is 1. The first-order chi connectivity index (χ1) is 12.9. The van der Waals surface area contributed by atoms with E-state index in [9.17, 15) is 15.2 Å². The van der Waals surface area contributed by atoms with Gasteiger partial charge in [-0.1, -0.05) is 13.8 Å². The largest absolute Gasteiger partial charge is 0.464 e. The number of esters is 1. The molecule has 0 aliphatic heterocycles. The molecule has 0 saturated heterocycles. The summed E-state index contributed by atoms with van der Waals surface area (Å²) in [5.74, 6) is 0.433. The van der Waals surface area contributed by atoms with E-state index in [-0.39, 0.29) is 29.5 Å². The van der Waals surface area contributed by atoms with E-state index in [4.69, 9.17) is 10.5 Å². The number of carbonyl (C=O) groups excluding carboxylic acids is 1. The van der Waals surface area contributed by atoms with Gasteiger partial charge in [-0.3, -0.25) is 0 Å². The number of ether oxygens (including phenoxy) is 1. The summed E-state index contributed by atoms with van der Waals surface area (Å²) in [6.07, 6.45) is 1.51. The number of fused-ring (bicyclic) bond motifs is 1. The lowest BCUT2D eigenvalue weighted by atomic mass is 10.2. The number of nitrogen functional groups attached to an aromatic ring is 1. The zero-order chi connectivity index (χ0) is 19.7. The van der Waals surface area contributed by atoms with E-state index in [1.165, 1.54) is 13.3 Å². The summed E-state index contributed by atoms with van der Waals surface area (Å²) in [5, 5.41) is 18.6. The highest BCUT2D eigenvalue weighted by Gasteiger charge is 2.22. The third-order valence-corrected chi connectivity index (χ3v) is 4.42. The van der Waals surface area contributed by atoms with Crippen LogP contribution in [0.3, 0.4) is 0 Å². The molecular formula is C19H21N5O3. The molecule has 8 heteroatoms. The summed E-state index contributed by atoms with van der Waals surface area (Å²) < 4.78 is 8.34. The minimum Gasteiger partial charge on any atom is -0.464 e. The molecule has 3 rings (SSSR count). The number of carbonyl (C=O) groups is 1. The molecule has 8 nitrogen and oxygen atoms in total. The highest BCUT2D eigenvalue weighted by Crippen LogP contribution is 2.28. The standard InChI is InChI=1S/C19H21N5O3/c1-11(2)18-22-14-8-13(4-5-15(14)23(18)6-7-25)24-10-12(9-20)16(21)17(24)19(26)27-3/h4-5,8,10-11,25H,6-7,21H2,1-3H3. The van der Waals surface area contributed by atoms with Crippen LogP contribution < -0.4 is 5.73 Å². The van der Waals surface area contributed by atoms with Gasteiger partial charge in [-0.05, 0) is 18.2 Å². The van der Waals surface area contributed by atoms with Gasteiger partial charge in [0, 0.05) is 24.3 Å². The SMILES string of the molecule is COC(=O)c1c(N)c(C#N)cn1-c1ccc2c(c1)nc(C(C)C)n2CCO. The molecule has 0 fully saturated rings. The molecule has 0 atom stereocenters. The third kappa shape index (κ3) is 3.02. The van der Waals surface area contributed by atoms with Crippen molar-refractivity contribution < 1.29 is 14.6 Å². The van der Waals surface area contributed by atoms with Gasteiger partial charge in [0.15, 0.2) is 5.69 Å². The number of rotatable bonds is 5. The Morgan fingerprint density at radius 1 is 1.44 bits per heavy atom. The fourth-order valence-corrected chi connectivity index (χ4v) is 3.18. The number of nitrogens with zero attached hydrogens (tertiary/aromatic N) is 4. The molecule has 0 amide bonds. The van der Waals surface area contributed by atoms with E-state index in [0.717, 1.165) is 16.9 Å². The number of aliphatic hydroxyl groups is 1. The predicted molar refractivity (Wildman–Crippen MR) is 101 cm³/mol. The van der Waals surface area contributed by atoms with Crippen molar-refractivity contribution in [2.75, 3.05) is 19.5 Å². The second kappa shape index (κ2) is 7.13. The summed E-state index contributed by atoms with van der Waals surface area (Å²) in [7, 11) is 1.26. The Bertz CT molecular complexity index is 1060. The fraction of sp³-hybridized carbons (Fsp3) is 0.316. The van der Waals surface area contributed by atoms with Crippen LogP contribution in [0.4, 0.5) is 5.69 Å². The average molecular weight is 367 g/mol. The van der Waals surface area contributed by atoms with E-state index >= 15 is 0 Å². The van der Waals surface area contributed by atoms with Crippen LogP contribution in [0.5, 0.6) is 0 Å². The maximum absolute atomic E-state index is 12.2. The zero-order valence-corrected chi connectivity index (χ0v) is 15.4. The van der Waals surface area contributed by atoms with Gasteiger partial charge in [0.25, 0.3) is 0 Å². The first-order valence-electron chi connectivity index (χ1n) is 8.53. The Kier molecular flexibility index (Phi) is 4.88. The van der Waals surface area contributed by atoms with Crippen molar-refractivity contribution in [1.29, 1.82) is 5.26 Å². The third-order valence-electron chi connectivity index (χ3n) is 4.42. The molecule has 140 valence electrons. The highest BCUT2D eigenvalue weighted by atomic mass is 16.5. The zero-order valence-electron chi connectivity index (χ0n) is 15.4. The molecule has 3 N–H and O–H groups in total. The summed E-state index contributed by atoms with van der Waals surface area (Å²) in [5.41, 5.74) is 8.59. The Morgan fingerprint density at radius 3 is 2.78 bits per heavy atom. The van der Waals surface area contributed by atoms with Gasteiger partial charge in [0.1, 0.15) is 11.9 Å². The molecular weight excluding hydrogens is 346 g/mol. The maximum atomic E-state index is 12.2. The van der Waals surface area contributed by atoms with E-state index in [0.29, 0.717) is 12.2 Å². The number of aliphatic hydroxyl groups excluding tert-OH is 1. The predicted octanol–water partition coefficient (Wildman–Crippen LogP) is 2.18. The first-order valence-corrected chi connectivity index (χ1v) is 8.53. The van der Waals surface area contributed by atoms with Crippen LogP contribution in [0.1, 0.15) is 41.6 Å². The number of hydrogen-bond donors (Lipinski definition) is 2. The Balaban J connectivity index is 2.22. The molecule has 0 spiro atoms. The van der Waals surface area contributed by atoms with Crippen molar-refractivity contribution in [2.45, 2.75) is 26.3 Å². The van der Waals surface area contributed by atoms with Gasteiger partial charge in [-0.2, -0.15) is 5.26 Å². The molecule has 2 aromatic heterocycles. The van der Waals surface area contributed by atoms with E-state index < -0.39 is 5.97 Å². The fourth-order valence-electron chi connectivity index (χ4n) is 3.18. The van der Waals surface area contributed by atoms with Gasteiger partial charge in [-0.15, -0.1) is 0 Å². The van der Waals surface area contributed by atoms with E-state index in [2.05, 4.69) is 4.98 Å². The van der Waals surface area contributed by atoms with Gasteiger partial charge in [-0.25, -0.2) is 9.78 Å². The first kappa shape index (κ1) is 18.5. The second-order valence-electron chi connectivity index (χ2n) is 6.45. The number of methoxy groups -OCH3 is 1. The number of hydrogen-bond acceptors (Lipinski definition) is 6. The molecule has 27 heavy (non-hydrogen) atoms. The Morgan fingerprint density at radius 2 is 2.19 bits per heavy atom. The minimum atomic E-state index is -0.622. The van der Waals surface area contributed by atoms with Crippen LogP contribution in [-0.2, 0) is 11.3 Å². The summed E-state index contributed by atoms with van der Waals surface area (Å²) in [6, 6.07) is 7.50. The summed E-state index contributed by atoms with van der Waals surface area (Å²) in [4.78, 5) is 16.9. The van der Waals surface area contributed by atoms with Crippen LogP contribution >= 0.6 is 0 Å². The molecule has 3 aromatic rings. The highest BCUT2D eigenvalue weighted by molar-refractivity contribution is 5.96. The Labute approximate surface area is 156 Å². The number of nitrogens with two attached hydrogens (primary N) is 1. The summed E-state index contributed by atoms with van der Waals surface area (Å²) in [6.45, 7) is 4.54. The van der Waals surface area contributed by atoms with Crippen LogP contribution in [0.25, 0.3) is 16.7 Å². The summed E-state index contributed by atoms with van der Waals surface area (Å²) >= 11 is 0. The van der Waals surface area contributed by atoms with Crippen LogP contribution in [0.2, 0.25) is 0 Å². The van der Waals surface area contributed by atoms with Crippen molar-refractivity contribution in [2.24, 2.45) is 0 Å². The molecule has 0 bridgehead atoms. The lowest BCUT2D eigenvalue weighted by Gasteiger charge is -2.10. The van der Waals surface area contributed by atoms with Crippen LogP contribution in [-0.4, -0.2) is 38.9 Å². The van der Waals surface area contributed by atoms with Gasteiger partial charge < -0.3 is 24.7 Å². The van der Waals surface area contributed by atoms with Crippen LogP contribution in [0, 0.1) is 11.3 Å². The number of benzene rings is 1. The lowest BCUT2D eigenvalue weighted by Crippen LogP contribution is -2.11. The smallest absolute Gasteiger partial charge is 0.357 e. The molecule has 0 radical (unpaired) electrons. The van der Waals surface area contributed by atoms with Crippen molar-refractivity contribution in [3.05, 3.63) is 41.5 Å². The van der Waals surface area contributed by atoms with Crippen LogP contribution in [0.15, 0.2) is 24.4 Å². The average Bonchev–Trinajstić information content (AvgIpc) is 3.19. The quantitative estimate of drug-likeness (QED) is 0.667. The topological polar surface area (TPSA) is 119 Å². The van der Waals surface area contributed by atoms with Gasteiger partial charge in [0.05, 0.1) is 36.0 Å².